The quantitative estimate of drug-likeness (QED) is 0.840. The van der Waals surface area contributed by atoms with Gasteiger partial charge in [-0.15, -0.1) is 0 Å². The third-order valence-electron chi connectivity index (χ3n) is 3.61. The van der Waals surface area contributed by atoms with Crippen molar-refractivity contribution in [3.63, 3.8) is 0 Å². The smallest absolute Gasteiger partial charge is 0.262 e. The van der Waals surface area contributed by atoms with Crippen LogP contribution >= 0.6 is 15.9 Å². The number of Topliss-reactive ketones (excluding diaryl/α,β-unsaturated/α-hetero) is 1. The summed E-state index contributed by atoms with van der Waals surface area (Å²) in [6.07, 6.45) is 0.494. The lowest BCUT2D eigenvalue weighted by Crippen LogP contribution is -2.28. The number of hydrogen-bond donors (Lipinski definition) is 1. The summed E-state index contributed by atoms with van der Waals surface area (Å²) in [7, 11) is 0. The van der Waals surface area contributed by atoms with E-state index in [1.807, 2.05) is 6.92 Å². The van der Waals surface area contributed by atoms with Gasteiger partial charge in [0.2, 0.25) is 0 Å². The Morgan fingerprint density at radius 2 is 2.25 bits per heavy atom. The minimum absolute atomic E-state index is 0.0292. The molecule has 2 atom stereocenters. The molecule has 20 heavy (non-hydrogen) atoms. The number of nitrogens with one attached hydrogen (secondary N) is 1. The van der Waals surface area contributed by atoms with Crippen molar-refractivity contribution < 1.29 is 19.1 Å². The molecule has 1 fully saturated rings. The van der Waals surface area contributed by atoms with Crippen LogP contribution in [0.2, 0.25) is 0 Å². The minimum atomic E-state index is -0.400. The maximum atomic E-state index is 12.5. The van der Waals surface area contributed by atoms with Crippen molar-refractivity contribution in [2.45, 2.75) is 19.4 Å². The second-order valence-electron chi connectivity index (χ2n) is 5.09. The van der Waals surface area contributed by atoms with Gasteiger partial charge in [-0.25, -0.2) is 0 Å². The first-order valence-corrected chi connectivity index (χ1v) is 7.27. The summed E-state index contributed by atoms with van der Waals surface area (Å²) in [6.45, 7) is 2.60. The molecule has 2 unspecified atom stereocenters. The average molecular weight is 340 g/mol. The van der Waals surface area contributed by atoms with Gasteiger partial charge in [0.1, 0.15) is 11.9 Å². The first kappa shape index (κ1) is 13.6. The number of anilines is 1. The van der Waals surface area contributed by atoms with Gasteiger partial charge in [0.15, 0.2) is 12.4 Å². The van der Waals surface area contributed by atoms with Gasteiger partial charge in [-0.05, 0) is 40.4 Å². The summed E-state index contributed by atoms with van der Waals surface area (Å²) in [6, 6.07) is 3.36. The average Bonchev–Trinajstić information content (AvgIpc) is 2.83. The molecule has 2 heterocycles. The number of halogens is 1. The third-order valence-corrected chi connectivity index (χ3v) is 4.27. The lowest BCUT2D eigenvalue weighted by Gasteiger charge is -2.20. The fraction of sp³-hybridized carbons (Fsp3) is 0.429. The summed E-state index contributed by atoms with van der Waals surface area (Å²) in [4.78, 5) is 23.8. The SMILES string of the molecule is CC1CCOC1C(=O)c1cc2c(cc1Br)NC(=O)CO2. The fourth-order valence-electron chi connectivity index (χ4n) is 2.47. The Morgan fingerprint density at radius 1 is 1.45 bits per heavy atom. The van der Waals surface area contributed by atoms with Gasteiger partial charge < -0.3 is 14.8 Å². The molecule has 1 amide bonds. The maximum Gasteiger partial charge on any atom is 0.262 e. The van der Waals surface area contributed by atoms with Crippen LogP contribution in [-0.4, -0.2) is 31.0 Å². The molecule has 2 aliphatic rings. The molecule has 1 saturated heterocycles. The normalized spacial score (nSPS) is 24.8. The van der Waals surface area contributed by atoms with Crippen molar-refractivity contribution >= 4 is 33.3 Å². The Kier molecular flexibility index (Phi) is 3.52. The summed E-state index contributed by atoms with van der Waals surface area (Å²) >= 11 is 3.38. The van der Waals surface area contributed by atoms with E-state index in [4.69, 9.17) is 9.47 Å². The van der Waals surface area contributed by atoms with Gasteiger partial charge in [0.05, 0.1) is 5.69 Å². The Balaban J connectivity index is 1.94. The van der Waals surface area contributed by atoms with Crippen LogP contribution < -0.4 is 10.1 Å². The van der Waals surface area contributed by atoms with Crippen LogP contribution in [0, 0.1) is 5.92 Å². The molecule has 3 rings (SSSR count). The van der Waals surface area contributed by atoms with E-state index in [2.05, 4.69) is 21.2 Å². The Labute approximate surface area is 124 Å². The van der Waals surface area contributed by atoms with Gasteiger partial charge in [-0.2, -0.15) is 0 Å². The second kappa shape index (κ2) is 5.18. The number of fused-ring (bicyclic) bond motifs is 1. The predicted octanol–water partition coefficient (Wildman–Crippen LogP) is 2.39. The third kappa shape index (κ3) is 2.33. The van der Waals surface area contributed by atoms with E-state index in [1.165, 1.54) is 0 Å². The highest BCUT2D eigenvalue weighted by atomic mass is 79.9. The number of ether oxygens (including phenoxy) is 2. The van der Waals surface area contributed by atoms with Crippen LogP contribution in [0.1, 0.15) is 23.7 Å². The Morgan fingerprint density at radius 3 is 2.95 bits per heavy atom. The Bertz CT molecular complexity index is 587. The molecule has 0 spiro atoms. The number of carbonyl (C=O) groups is 2. The van der Waals surface area contributed by atoms with E-state index in [0.29, 0.717) is 28.1 Å². The highest BCUT2D eigenvalue weighted by Gasteiger charge is 2.33. The van der Waals surface area contributed by atoms with Crippen LogP contribution in [0.3, 0.4) is 0 Å². The molecule has 0 radical (unpaired) electrons. The Hall–Kier alpha value is -1.40. The molecule has 0 aliphatic carbocycles. The zero-order valence-electron chi connectivity index (χ0n) is 10.9. The second-order valence-corrected chi connectivity index (χ2v) is 5.94. The van der Waals surface area contributed by atoms with Crippen molar-refractivity contribution in [1.82, 2.24) is 0 Å². The first-order chi connectivity index (χ1) is 9.56. The van der Waals surface area contributed by atoms with Gasteiger partial charge in [-0.1, -0.05) is 6.92 Å². The number of amides is 1. The number of carbonyl (C=O) groups excluding carboxylic acids is 2. The van der Waals surface area contributed by atoms with E-state index >= 15 is 0 Å². The molecule has 0 saturated carbocycles. The van der Waals surface area contributed by atoms with Crippen molar-refractivity contribution in [2.75, 3.05) is 18.5 Å². The molecule has 0 aromatic heterocycles. The first-order valence-electron chi connectivity index (χ1n) is 6.48. The van der Waals surface area contributed by atoms with Crippen molar-refractivity contribution in [1.29, 1.82) is 0 Å². The number of rotatable bonds is 2. The van der Waals surface area contributed by atoms with Crippen molar-refractivity contribution in [3.05, 3.63) is 22.2 Å². The van der Waals surface area contributed by atoms with Gasteiger partial charge in [-0.3, -0.25) is 9.59 Å². The van der Waals surface area contributed by atoms with Crippen LogP contribution in [0.15, 0.2) is 16.6 Å². The maximum absolute atomic E-state index is 12.5. The summed E-state index contributed by atoms with van der Waals surface area (Å²) in [5.41, 5.74) is 1.10. The molecular formula is C14H14BrNO4. The van der Waals surface area contributed by atoms with E-state index in [-0.39, 0.29) is 24.2 Å². The standard InChI is InChI=1S/C14H14BrNO4/c1-7-2-3-19-14(7)13(18)8-4-11-10(5-9(8)15)16-12(17)6-20-11/h4-5,7,14H,2-3,6H2,1H3,(H,16,17). The molecule has 5 nitrogen and oxygen atoms in total. The van der Waals surface area contributed by atoms with Crippen molar-refractivity contribution in [3.8, 4) is 5.75 Å². The molecule has 2 aliphatic heterocycles. The minimum Gasteiger partial charge on any atom is -0.482 e. The number of benzene rings is 1. The van der Waals surface area contributed by atoms with Crippen molar-refractivity contribution in [2.24, 2.45) is 5.92 Å². The lowest BCUT2D eigenvalue weighted by atomic mass is 9.96. The molecule has 0 bridgehead atoms. The highest BCUT2D eigenvalue weighted by Crippen LogP contribution is 2.35. The molecule has 1 N–H and O–H groups in total. The monoisotopic (exact) mass is 339 g/mol. The number of hydrogen-bond acceptors (Lipinski definition) is 4. The van der Waals surface area contributed by atoms with Crippen LogP contribution in [-0.2, 0) is 9.53 Å². The zero-order chi connectivity index (χ0) is 14.3. The fourth-order valence-corrected chi connectivity index (χ4v) is 3.01. The summed E-state index contributed by atoms with van der Waals surface area (Å²) < 4.78 is 11.5. The largest absolute Gasteiger partial charge is 0.482 e. The number of ketones is 1. The summed E-state index contributed by atoms with van der Waals surface area (Å²) in [5, 5.41) is 2.71. The predicted molar refractivity (Wildman–Crippen MR) is 76.1 cm³/mol. The lowest BCUT2D eigenvalue weighted by molar-refractivity contribution is -0.118. The van der Waals surface area contributed by atoms with Gasteiger partial charge in [0.25, 0.3) is 5.91 Å². The van der Waals surface area contributed by atoms with E-state index in [1.54, 1.807) is 12.1 Å². The molecule has 6 heteroatoms. The summed E-state index contributed by atoms with van der Waals surface area (Å²) in [5.74, 6) is 0.481. The molecular weight excluding hydrogens is 326 g/mol. The van der Waals surface area contributed by atoms with Gasteiger partial charge >= 0.3 is 0 Å². The van der Waals surface area contributed by atoms with Crippen LogP contribution in [0.5, 0.6) is 5.75 Å². The molecule has 1 aromatic carbocycles. The zero-order valence-corrected chi connectivity index (χ0v) is 12.5. The van der Waals surface area contributed by atoms with E-state index in [9.17, 15) is 9.59 Å². The van der Waals surface area contributed by atoms with E-state index in [0.717, 1.165) is 6.42 Å². The molecule has 106 valence electrons. The highest BCUT2D eigenvalue weighted by molar-refractivity contribution is 9.10. The van der Waals surface area contributed by atoms with Crippen LogP contribution in [0.4, 0.5) is 5.69 Å². The van der Waals surface area contributed by atoms with E-state index < -0.39 is 6.10 Å². The van der Waals surface area contributed by atoms with Gasteiger partial charge in [0, 0.05) is 16.6 Å². The molecule has 1 aromatic rings. The topological polar surface area (TPSA) is 64.6 Å². The van der Waals surface area contributed by atoms with Crippen LogP contribution in [0.25, 0.3) is 0 Å².